The van der Waals surface area contributed by atoms with Gasteiger partial charge in [0.25, 0.3) is 0 Å². The largest absolute Gasteiger partial charge is 1.00 e. The summed E-state index contributed by atoms with van der Waals surface area (Å²) in [5.74, 6) is -0.427. The molecule has 0 radical (unpaired) electrons. The van der Waals surface area contributed by atoms with Crippen LogP contribution in [0.3, 0.4) is 0 Å². The number of rotatable bonds is 0. The molecular formula is C6H4Cl2NNaO. The number of hydrogen-bond acceptors (Lipinski definition) is 2. The summed E-state index contributed by atoms with van der Waals surface area (Å²) in [7, 11) is 0. The molecule has 0 bridgehead atoms. The molecule has 0 aliphatic rings. The number of nitrogens with zero attached hydrogens (tertiary/aromatic N) is 1. The minimum atomic E-state index is -0.427. The van der Waals surface area contributed by atoms with Crippen molar-refractivity contribution in [2.75, 3.05) is 0 Å². The van der Waals surface area contributed by atoms with Gasteiger partial charge in [0.15, 0.2) is 0 Å². The van der Waals surface area contributed by atoms with Crippen molar-refractivity contribution in [2.45, 2.75) is 6.92 Å². The Balaban J connectivity index is 0.000001000. The molecule has 1 aromatic heterocycles. The zero-order chi connectivity index (χ0) is 7.72. The van der Waals surface area contributed by atoms with Crippen molar-refractivity contribution in [1.82, 2.24) is 4.98 Å². The number of pyridine rings is 1. The Morgan fingerprint density at radius 2 is 1.91 bits per heavy atom. The summed E-state index contributed by atoms with van der Waals surface area (Å²) >= 11 is 11.0. The SMILES string of the molecule is Cc1nc([O-])c(Cl)cc1Cl.[Na+]. The van der Waals surface area contributed by atoms with Gasteiger partial charge in [-0.1, -0.05) is 23.2 Å². The summed E-state index contributed by atoms with van der Waals surface area (Å²) in [6.45, 7) is 1.65. The summed E-state index contributed by atoms with van der Waals surface area (Å²) in [5, 5.41) is 11.2. The van der Waals surface area contributed by atoms with E-state index in [9.17, 15) is 5.11 Å². The van der Waals surface area contributed by atoms with Gasteiger partial charge in [-0.15, -0.1) is 0 Å². The number of aryl methyl sites for hydroxylation is 1. The maximum Gasteiger partial charge on any atom is 1.00 e. The quantitative estimate of drug-likeness (QED) is 0.492. The van der Waals surface area contributed by atoms with Crippen molar-refractivity contribution in [2.24, 2.45) is 0 Å². The molecule has 11 heavy (non-hydrogen) atoms. The standard InChI is InChI=1S/C6H5Cl2NO.Na/c1-3-4(7)2-5(8)6(10)9-3;/h2H,1H3,(H,9,10);/q;+1/p-1. The third-order valence-electron chi connectivity index (χ3n) is 1.07. The zero-order valence-electron chi connectivity index (χ0n) is 6.19. The van der Waals surface area contributed by atoms with Crippen molar-refractivity contribution in [1.29, 1.82) is 0 Å². The molecule has 0 aliphatic heterocycles. The number of aromatic nitrogens is 1. The summed E-state index contributed by atoms with van der Waals surface area (Å²) in [6, 6.07) is 1.40. The Labute approximate surface area is 96.8 Å². The van der Waals surface area contributed by atoms with Gasteiger partial charge in [0.2, 0.25) is 0 Å². The third-order valence-corrected chi connectivity index (χ3v) is 1.73. The van der Waals surface area contributed by atoms with Crippen LogP contribution in [0.2, 0.25) is 10.0 Å². The maximum atomic E-state index is 10.7. The minimum Gasteiger partial charge on any atom is -0.858 e. The van der Waals surface area contributed by atoms with Gasteiger partial charge in [-0.3, -0.25) is 4.98 Å². The van der Waals surface area contributed by atoms with Crippen LogP contribution < -0.4 is 34.7 Å². The predicted molar refractivity (Wildman–Crippen MR) is 38.4 cm³/mol. The molecule has 0 unspecified atom stereocenters. The van der Waals surface area contributed by atoms with Gasteiger partial charge in [-0.25, -0.2) is 0 Å². The van der Waals surface area contributed by atoms with Crippen LogP contribution in [0.4, 0.5) is 0 Å². The molecule has 0 amide bonds. The molecule has 0 aromatic carbocycles. The topological polar surface area (TPSA) is 36.0 Å². The van der Waals surface area contributed by atoms with Gasteiger partial charge in [-0.05, 0) is 13.0 Å². The van der Waals surface area contributed by atoms with Crippen molar-refractivity contribution in [3.05, 3.63) is 21.8 Å². The van der Waals surface area contributed by atoms with Crippen LogP contribution in [-0.2, 0) is 0 Å². The number of hydrogen-bond donors (Lipinski definition) is 0. The Morgan fingerprint density at radius 1 is 1.36 bits per heavy atom. The first-order valence-electron chi connectivity index (χ1n) is 2.61. The first-order chi connectivity index (χ1) is 4.61. The van der Waals surface area contributed by atoms with E-state index in [1.807, 2.05) is 0 Å². The average molecular weight is 200 g/mol. The molecule has 0 atom stereocenters. The van der Waals surface area contributed by atoms with Gasteiger partial charge >= 0.3 is 29.6 Å². The maximum absolute atomic E-state index is 10.7. The van der Waals surface area contributed by atoms with Crippen molar-refractivity contribution >= 4 is 23.2 Å². The Hall–Kier alpha value is 0.530. The molecule has 0 N–H and O–H groups in total. The average Bonchev–Trinajstić information content (AvgIpc) is 1.84. The normalized spacial score (nSPS) is 9.00. The Bertz CT molecular complexity index is 217. The molecular weight excluding hydrogens is 196 g/mol. The first kappa shape index (κ1) is 11.5. The van der Waals surface area contributed by atoms with Crippen LogP contribution in [0.5, 0.6) is 5.88 Å². The molecule has 0 saturated heterocycles. The fraction of sp³-hybridized carbons (Fsp3) is 0.167. The fourth-order valence-electron chi connectivity index (χ4n) is 0.537. The van der Waals surface area contributed by atoms with Crippen molar-refractivity contribution < 1.29 is 34.7 Å². The number of halogens is 2. The second-order valence-corrected chi connectivity index (χ2v) is 2.66. The van der Waals surface area contributed by atoms with Crippen LogP contribution in [0, 0.1) is 6.92 Å². The van der Waals surface area contributed by atoms with Crippen LogP contribution in [-0.4, -0.2) is 4.98 Å². The third kappa shape index (κ3) is 2.80. The van der Waals surface area contributed by atoms with Gasteiger partial charge < -0.3 is 5.11 Å². The molecule has 1 heterocycles. The summed E-state index contributed by atoms with van der Waals surface area (Å²) < 4.78 is 0. The van der Waals surface area contributed by atoms with E-state index in [2.05, 4.69) is 4.98 Å². The minimum absolute atomic E-state index is 0. The second-order valence-electron chi connectivity index (χ2n) is 1.84. The summed E-state index contributed by atoms with van der Waals surface area (Å²) in [6.07, 6.45) is 0. The molecule has 1 aromatic rings. The monoisotopic (exact) mass is 199 g/mol. The molecule has 0 aliphatic carbocycles. The molecule has 0 saturated carbocycles. The molecule has 0 spiro atoms. The fourth-order valence-corrected chi connectivity index (χ4v) is 0.895. The Morgan fingerprint density at radius 3 is 2.36 bits per heavy atom. The van der Waals surface area contributed by atoms with E-state index in [0.29, 0.717) is 10.7 Å². The van der Waals surface area contributed by atoms with E-state index in [1.165, 1.54) is 6.07 Å². The van der Waals surface area contributed by atoms with Gasteiger partial charge in [0.1, 0.15) is 0 Å². The summed E-state index contributed by atoms with van der Waals surface area (Å²) in [4.78, 5) is 3.55. The van der Waals surface area contributed by atoms with E-state index in [-0.39, 0.29) is 34.6 Å². The van der Waals surface area contributed by atoms with Crippen LogP contribution in [0.1, 0.15) is 5.69 Å². The van der Waals surface area contributed by atoms with Gasteiger partial charge in [-0.2, -0.15) is 0 Å². The van der Waals surface area contributed by atoms with Gasteiger partial charge in [0, 0.05) is 5.88 Å². The van der Waals surface area contributed by atoms with E-state index in [0.717, 1.165) is 0 Å². The van der Waals surface area contributed by atoms with E-state index in [4.69, 9.17) is 23.2 Å². The molecule has 0 fully saturated rings. The molecule has 2 nitrogen and oxygen atoms in total. The molecule has 1 rings (SSSR count). The van der Waals surface area contributed by atoms with Crippen LogP contribution >= 0.6 is 23.2 Å². The van der Waals surface area contributed by atoms with Crippen LogP contribution in [0.25, 0.3) is 0 Å². The van der Waals surface area contributed by atoms with Crippen LogP contribution in [0.15, 0.2) is 6.07 Å². The Kier molecular flexibility index (Phi) is 4.75. The molecule has 54 valence electrons. The first-order valence-corrected chi connectivity index (χ1v) is 3.36. The van der Waals surface area contributed by atoms with E-state index < -0.39 is 5.88 Å². The van der Waals surface area contributed by atoms with Crippen molar-refractivity contribution in [3.63, 3.8) is 0 Å². The second kappa shape index (κ2) is 4.53. The smallest absolute Gasteiger partial charge is 0.858 e. The summed E-state index contributed by atoms with van der Waals surface area (Å²) in [5.41, 5.74) is 0.510. The molecule has 5 heteroatoms. The van der Waals surface area contributed by atoms with E-state index >= 15 is 0 Å². The van der Waals surface area contributed by atoms with Gasteiger partial charge in [0.05, 0.1) is 15.7 Å². The zero-order valence-corrected chi connectivity index (χ0v) is 9.70. The predicted octanol–water partition coefficient (Wildman–Crippen LogP) is -1.23. The van der Waals surface area contributed by atoms with Crippen molar-refractivity contribution in [3.8, 4) is 5.88 Å². The van der Waals surface area contributed by atoms with E-state index in [1.54, 1.807) is 6.92 Å².